The zero-order valence-electron chi connectivity index (χ0n) is 12.9. The van der Waals surface area contributed by atoms with E-state index in [0.717, 1.165) is 35.3 Å². The zero-order valence-corrected chi connectivity index (χ0v) is 12.9. The summed E-state index contributed by atoms with van der Waals surface area (Å²) in [6.07, 6.45) is 1.64. The van der Waals surface area contributed by atoms with E-state index in [1.54, 1.807) is 12.1 Å². The van der Waals surface area contributed by atoms with Crippen LogP contribution in [0.3, 0.4) is 0 Å². The van der Waals surface area contributed by atoms with Gasteiger partial charge in [0, 0.05) is 22.5 Å². The molecule has 0 saturated heterocycles. The highest BCUT2D eigenvalue weighted by atomic mass is 16.1. The van der Waals surface area contributed by atoms with Gasteiger partial charge in [-0.15, -0.1) is 0 Å². The van der Waals surface area contributed by atoms with Crippen LogP contribution in [-0.2, 0) is 0 Å². The minimum Gasteiger partial charge on any atom is -0.353 e. The number of carbonyl (C=O) groups excluding carboxylic acids is 2. The lowest BCUT2D eigenvalue weighted by Gasteiger charge is -2.15. The minimum atomic E-state index is 0.584. The summed E-state index contributed by atoms with van der Waals surface area (Å²) in [5, 5.41) is 6.54. The summed E-state index contributed by atoms with van der Waals surface area (Å²) in [6.45, 7) is 0. The Hall–Kier alpha value is -3.40. The number of para-hydroxylation sites is 4. The van der Waals surface area contributed by atoms with Crippen LogP contribution in [0.4, 0.5) is 22.7 Å². The van der Waals surface area contributed by atoms with Gasteiger partial charge in [-0.2, -0.15) is 0 Å². The SMILES string of the molecule is O=Cc1ccccc1Nc1ccccc1Nc1ccccc1C=O. The van der Waals surface area contributed by atoms with Gasteiger partial charge < -0.3 is 10.6 Å². The number of nitrogens with one attached hydrogen (secondary N) is 2. The van der Waals surface area contributed by atoms with E-state index >= 15 is 0 Å². The lowest BCUT2D eigenvalue weighted by Crippen LogP contribution is -2.01. The molecule has 4 nitrogen and oxygen atoms in total. The summed E-state index contributed by atoms with van der Waals surface area (Å²) in [7, 11) is 0. The largest absolute Gasteiger partial charge is 0.353 e. The second-order valence-electron chi connectivity index (χ2n) is 5.21. The molecule has 0 aromatic heterocycles. The highest BCUT2D eigenvalue weighted by Gasteiger charge is 2.07. The summed E-state index contributed by atoms with van der Waals surface area (Å²) in [6, 6.07) is 22.2. The Balaban J connectivity index is 1.94. The Morgan fingerprint density at radius 2 is 0.833 bits per heavy atom. The van der Waals surface area contributed by atoms with E-state index in [0.29, 0.717) is 11.1 Å². The van der Waals surface area contributed by atoms with Gasteiger partial charge in [0.1, 0.15) is 0 Å². The standard InChI is InChI=1S/C20H16N2O2/c23-13-15-7-1-3-9-17(15)21-19-11-5-6-12-20(19)22-18-10-4-2-8-16(18)14-24/h1-14,21-22H. The Labute approximate surface area is 140 Å². The van der Waals surface area contributed by atoms with Crippen molar-refractivity contribution in [3.63, 3.8) is 0 Å². The van der Waals surface area contributed by atoms with Gasteiger partial charge in [-0.25, -0.2) is 0 Å². The number of carbonyl (C=O) groups is 2. The third kappa shape index (κ3) is 3.33. The molecule has 0 aliphatic rings. The lowest BCUT2D eigenvalue weighted by atomic mass is 10.1. The Morgan fingerprint density at radius 3 is 1.21 bits per heavy atom. The second kappa shape index (κ2) is 7.24. The molecule has 0 radical (unpaired) electrons. The number of aldehydes is 2. The van der Waals surface area contributed by atoms with Gasteiger partial charge >= 0.3 is 0 Å². The van der Waals surface area contributed by atoms with Gasteiger partial charge in [0.25, 0.3) is 0 Å². The highest BCUT2D eigenvalue weighted by Crippen LogP contribution is 2.30. The first-order valence-corrected chi connectivity index (χ1v) is 7.53. The van der Waals surface area contributed by atoms with Gasteiger partial charge in [0.2, 0.25) is 0 Å². The van der Waals surface area contributed by atoms with Crippen LogP contribution < -0.4 is 10.6 Å². The van der Waals surface area contributed by atoms with Crippen LogP contribution in [0.2, 0.25) is 0 Å². The number of benzene rings is 3. The first-order valence-electron chi connectivity index (χ1n) is 7.53. The number of rotatable bonds is 6. The van der Waals surface area contributed by atoms with Gasteiger partial charge in [-0.1, -0.05) is 36.4 Å². The van der Waals surface area contributed by atoms with Crippen molar-refractivity contribution >= 4 is 35.3 Å². The van der Waals surface area contributed by atoms with E-state index in [2.05, 4.69) is 10.6 Å². The molecule has 0 aliphatic heterocycles. The van der Waals surface area contributed by atoms with Crippen molar-refractivity contribution in [2.24, 2.45) is 0 Å². The van der Waals surface area contributed by atoms with Gasteiger partial charge in [-0.05, 0) is 36.4 Å². The first-order chi connectivity index (χ1) is 11.8. The predicted octanol–water partition coefficient (Wildman–Crippen LogP) is 4.80. The van der Waals surface area contributed by atoms with Crippen LogP contribution in [-0.4, -0.2) is 12.6 Å². The van der Waals surface area contributed by atoms with Gasteiger partial charge in [0.15, 0.2) is 12.6 Å². The van der Waals surface area contributed by atoms with Crippen LogP contribution >= 0.6 is 0 Å². The summed E-state index contributed by atoms with van der Waals surface area (Å²) < 4.78 is 0. The van der Waals surface area contributed by atoms with Crippen molar-refractivity contribution in [3.05, 3.63) is 83.9 Å². The van der Waals surface area contributed by atoms with Gasteiger partial charge in [-0.3, -0.25) is 9.59 Å². The summed E-state index contributed by atoms with van der Waals surface area (Å²) in [5.74, 6) is 0. The fourth-order valence-corrected chi connectivity index (χ4v) is 2.42. The summed E-state index contributed by atoms with van der Waals surface area (Å²) >= 11 is 0. The van der Waals surface area contributed by atoms with E-state index < -0.39 is 0 Å². The molecule has 2 N–H and O–H groups in total. The van der Waals surface area contributed by atoms with Crippen molar-refractivity contribution in [1.82, 2.24) is 0 Å². The van der Waals surface area contributed by atoms with Crippen molar-refractivity contribution in [1.29, 1.82) is 0 Å². The average molecular weight is 316 g/mol. The van der Waals surface area contributed by atoms with Crippen molar-refractivity contribution in [3.8, 4) is 0 Å². The maximum Gasteiger partial charge on any atom is 0.152 e. The molecule has 3 rings (SSSR count). The van der Waals surface area contributed by atoms with Crippen LogP contribution in [0, 0.1) is 0 Å². The molecule has 0 amide bonds. The molecule has 0 atom stereocenters. The second-order valence-corrected chi connectivity index (χ2v) is 5.21. The van der Waals surface area contributed by atoms with E-state index in [9.17, 15) is 9.59 Å². The number of anilines is 4. The van der Waals surface area contributed by atoms with E-state index in [4.69, 9.17) is 0 Å². The zero-order chi connectivity index (χ0) is 16.8. The predicted molar refractivity (Wildman–Crippen MR) is 96.7 cm³/mol. The quantitative estimate of drug-likeness (QED) is 0.641. The minimum absolute atomic E-state index is 0.584. The van der Waals surface area contributed by atoms with Crippen molar-refractivity contribution in [2.75, 3.05) is 10.6 Å². The third-order valence-electron chi connectivity index (χ3n) is 3.64. The van der Waals surface area contributed by atoms with E-state index in [1.165, 1.54) is 0 Å². The molecule has 0 bridgehead atoms. The monoisotopic (exact) mass is 316 g/mol. The molecule has 4 heteroatoms. The topological polar surface area (TPSA) is 58.2 Å². The Morgan fingerprint density at radius 1 is 0.500 bits per heavy atom. The normalized spacial score (nSPS) is 10.0. The smallest absolute Gasteiger partial charge is 0.152 e. The maximum atomic E-state index is 11.2. The molecular formula is C20H16N2O2. The van der Waals surface area contributed by atoms with Crippen molar-refractivity contribution in [2.45, 2.75) is 0 Å². The van der Waals surface area contributed by atoms with E-state index in [-0.39, 0.29) is 0 Å². The van der Waals surface area contributed by atoms with Crippen molar-refractivity contribution < 1.29 is 9.59 Å². The third-order valence-corrected chi connectivity index (χ3v) is 3.64. The summed E-state index contributed by atoms with van der Waals surface area (Å²) in [4.78, 5) is 22.4. The molecule has 118 valence electrons. The van der Waals surface area contributed by atoms with Crippen LogP contribution in [0.25, 0.3) is 0 Å². The maximum absolute atomic E-state index is 11.2. The fraction of sp³-hybridized carbons (Fsp3) is 0. The molecular weight excluding hydrogens is 300 g/mol. The molecule has 0 fully saturated rings. The molecule has 0 heterocycles. The molecule has 0 aliphatic carbocycles. The fourth-order valence-electron chi connectivity index (χ4n) is 2.42. The van der Waals surface area contributed by atoms with Crippen LogP contribution in [0.15, 0.2) is 72.8 Å². The number of hydrogen-bond acceptors (Lipinski definition) is 4. The Bertz CT molecular complexity index is 802. The molecule has 3 aromatic carbocycles. The molecule has 0 spiro atoms. The summed E-state index contributed by atoms with van der Waals surface area (Å²) in [5.41, 5.74) is 4.25. The first kappa shape index (κ1) is 15.5. The molecule has 0 unspecified atom stereocenters. The number of hydrogen-bond donors (Lipinski definition) is 2. The van der Waals surface area contributed by atoms with Crippen LogP contribution in [0.1, 0.15) is 20.7 Å². The molecule has 24 heavy (non-hydrogen) atoms. The molecule has 3 aromatic rings. The highest BCUT2D eigenvalue weighted by molar-refractivity contribution is 5.90. The van der Waals surface area contributed by atoms with Gasteiger partial charge in [0.05, 0.1) is 11.4 Å². The lowest BCUT2D eigenvalue weighted by molar-refractivity contribution is 0.111. The molecule has 0 saturated carbocycles. The van der Waals surface area contributed by atoms with E-state index in [1.807, 2.05) is 60.7 Å². The van der Waals surface area contributed by atoms with Crippen LogP contribution in [0.5, 0.6) is 0 Å². The average Bonchev–Trinajstić information content (AvgIpc) is 2.64. The Kier molecular flexibility index (Phi) is 4.68.